The summed E-state index contributed by atoms with van der Waals surface area (Å²) < 4.78 is 0. The molecule has 26 heavy (non-hydrogen) atoms. The van der Waals surface area contributed by atoms with Gasteiger partial charge < -0.3 is 15.2 Å². The molecule has 6 heteroatoms. The largest absolute Gasteiger partial charge is 0.346 e. The number of amides is 2. The summed E-state index contributed by atoms with van der Waals surface area (Å²) in [4.78, 5) is 34.2. The Morgan fingerprint density at radius 1 is 1.31 bits per heavy atom. The molecule has 140 valence electrons. The van der Waals surface area contributed by atoms with Gasteiger partial charge in [-0.2, -0.15) is 0 Å². The van der Waals surface area contributed by atoms with E-state index in [-0.39, 0.29) is 29.7 Å². The molecule has 0 radical (unpaired) electrons. The minimum Gasteiger partial charge on any atom is -0.346 e. The number of hydrogen-bond donors (Lipinski definition) is 2. The number of nitrogens with one attached hydrogen (secondary N) is 2. The third kappa shape index (κ3) is 3.89. The second-order valence-corrected chi connectivity index (χ2v) is 7.29. The van der Waals surface area contributed by atoms with Crippen LogP contribution in [0.1, 0.15) is 51.9 Å². The fourth-order valence-electron chi connectivity index (χ4n) is 3.56. The number of aromatic nitrogens is 2. The molecule has 0 bridgehead atoms. The summed E-state index contributed by atoms with van der Waals surface area (Å²) >= 11 is 0. The molecule has 2 atom stereocenters. The fraction of sp³-hybridized carbons (Fsp3) is 0.550. The van der Waals surface area contributed by atoms with Gasteiger partial charge in [0.15, 0.2) is 0 Å². The molecule has 1 aliphatic heterocycles. The van der Waals surface area contributed by atoms with Crippen molar-refractivity contribution in [3.8, 4) is 0 Å². The average molecular weight is 356 g/mol. The lowest BCUT2D eigenvalue weighted by molar-refractivity contribution is -0.134. The van der Waals surface area contributed by atoms with Crippen molar-refractivity contribution in [3.63, 3.8) is 0 Å². The van der Waals surface area contributed by atoms with Crippen molar-refractivity contribution in [2.75, 3.05) is 13.1 Å². The number of nitrogens with zero attached hydrogens (tertiary/aromatic N) is 2. The van der Waals surface area contributed by atoms with E-state index >= 15 is 0 Å². The van der Waals surface area contributed by atoms with E-state index in [9.17, 15) is 9.59 Å². The molecule has 0 spiro atoms. The predicted octanol–water partition coefficient (Wildman–Crippen LogP) is 3.02. The first-order valence-corrected chi connectivity index (χ1v) is 9.50. The normalized spacial score (nSPS) is 17.9. The molecular formula is C20H28N4O2. The lowest BCUT2D eigenvalue weighted by Gasteiger charge is -2.32. The maximum Gasteiger partial charge on any atom is 0.223 e. The van der Waals surface area contributed by atoms with Gasteiger partial charge in [0.25, 0.3) is 0 Å². The van der Waals surface area contributed by atoms with Crippen molar-refractivity contribution in [2.45, 2.75) is 46.1 Å². The van der Waals surface area contributed by atoms with Crippen LogP contribution in [0.5, 0.6) is 0 Å². The zero-order chi connectivity index (χ0) is 18.7. The Kier molecular flexibility index (Phi) is 5.59. The molecule has 1 fully saturated rings. The Labute approximate surface area is 154 Å². The number of carbonyl (C=O) groups is 2. The minimum absolute atomic E-state index is 0.0402. The zero-order valence-corrected chi connectivity index (χ0v) is 15.8. The van der Waals surface area contributed by atoms with Crippen LogP contribution in [0.25, 0.3) is 11.0 Å². The van der Waals surface area contributed by atoms with Gasteiger partial charge in [-0.15, -0.1) is 0 Å². The smallest absolute Gasteiger partial charge is 0.223 e. The topological polar surface area (TPSA) is 78.1 Å². The summed E-state index contributed by atoms with van der Waals surface area (Å²) in [5.74, 6) is 1.20. The van der Waals surface area contributed by atoms with E-state index < -0.39 is 0 Å². The quantitative estimate of drug-likeness (QED) is 0.864. The van der Waals surface area contributed by atoms with Crippen LogP contribution >= 0.6 is 0 Å². The number of carbonyl (C=O) groups excluding carboxylic acids is 2. The van der Waals surface area contributed by atoms with E-state index in [0.29, 0.717) is 13.1 Å². The second kappa shape index (κ2) is 7.89. The Hall–Kier alpha value is -2.37. The Balaban J connectivity index is 1.72. The fourth-order valence-corrected chi connectivity index (χ4v) is 3.56. The van der Waals surface area contributed by atoms with Gasteiger partial charge in [-0.1, -0.05) is 32.4 Å². The molecule has 1 saturated heterocycles. The number of piperidine rings is 1. The van der Waals surface area contributed by atoms with Crippen LogP contribution < -0.4 is 5.32 Å². The highest BCUT2D eigenvalue weighted by atomic mass is 16.2. The van der Waals surface area contributed by atoms with Crippen molar-refractivity contribution in [2.24, 2.45) is 11.8 Å². The summed E-state index contributed by atoms with van der Waals surface area (Å²) in [6.45, 7) is 7.16. The number of aromatic amines is 1. The lowest BCUT2D eigenvalue weighted by Crippen LogP contribution is -2.44. The van der Waals surface area contributed by atoms with Gasteiger partial charge in [-0.05, 0) is 30.9 Å². The Morgan fingerprint density at radius 2 is 2.00 bits per heavy atom. The zero-order valence-electron chi connectivity index (χ0n) is 15.8. The number of hydrogen-bond acceptors (Lipinski definition) is 3. The van der Waals surface area contributed by atoms with Crippen LogP contribution in [-0.4, -0.2) is 39.8 Å². The van der Waals surface area contributed by atoms with Gasteiger partial charge in [-0.25, -0.2) is 4.98 Å². The maximum absolute atomic E-state index is 12.8. The molecule has 6 nitrogen and oxygen atoms in total. The van der Waals surface area contributed by atoms with Crippen LogP contribution in [-0.2, 0) is 9.59 Å². The summed E-state index contributed by atoms with van der Waals surface area (Å²) in [5, 5.41) is 3.22. The van der Waals surface area contributed by atoms with Gasteiger partial charge in [-0.3, -0.25) is 9.59 Å². The summed E-state index contributed by atoms with van der Waals surface area (Å²) in [6, 6.07) is 7.78. The second-order valence-electron chi connectivity index (χ2n) is 7.29. The maximum atomic E-state index is 12.8. The number of para-hydroxylation sites is 2. The number of H-pyrrole nitrogens is 1. The van der Waals surface area contributed by atoms with Gasteiger partial charge >= 0.3 is 0 Å². The third-order valence-electron chi connectivity index (χ3n) is 5.52. The lowest BCUT2D eigenvalue weighted by atomic mass is 9.93. The molecule has 2 aromatic rings. The highest BCUT2D eigenvalue weighted by molar-refractivity contribution is 5.80. The molecule has 3 rings (SSSR count). The molecule has 0 aliphatic carbocycles. The molecule has 0 saturated carbocycles. The van der Waals surface area contributed by atoms with Crippen molar-refractivity contribution in [3.05, 3.63) is 30.1 Å². The highest BCUT2D eigenvalue weighted by Crippen LogP contribution is 2.26. The van der Waals surface area contributed by atoms with Crippen LogP contribution in [0.4, 0.5) is 0 Å². The van der Waals surface area contributed by atoms with Gasteiger partial charge in [0.2, 0.25) is 11.8 Å². The van der Waals surface area contributed by atoms with Crippen LogP contribution in [0.2, 0.25) is 0 Å². The Bertz CT molecular complexity index is 744. The first-order chi connectivity index (χ1) is 12.5. The van der Waals surface area contributed by atoms with E-state index in [1.54, 1.807) is 6.92 Å². The average Bonchev–Trinajstić information content (AvgIpc) is 3.09. The number of rotatable bonds is 5. The number of fused-ring (bicyclic) bond motifs is 1. The number of benzene rings is 1. The summed E-state index contributed by atoms with van der Waals surface area (Å²) in [7, 11) is 0. The van der Waals surface area contributed by atoms with Crippen molar-refractivity contribution in [1.29, 1.82) is 0 Å². The van der Waals surface area contributed by atoms with E-state index in [1.807, 2.05) is 29.2 Å². The minimum atomic E-state index is -0.134. The van der Waals surface area contributed by atoms with Crippen LogP contribution in [0.3, 0.4) is 0 Å². The third-order valence-corrected chi connectivity index (χ3v) is 5.52. The van der Waals surface area contributed by atoms with E-state index in [1.165, 1.54) is 0 Å². The first kappa shape index (κ1) is 18.4. The van der Waals surface area contributed by atoms with Crippen LogP contribution in [0, 0.1) is 11.8 Å². The molecule has 1 aromatic heterocycles. The highest BCUT2D eigenvalue weighted by Gasteiger charge is 2.30. The standard InChI is InChI=1S/C20H28N4O2/c1-4-13(2)18(19-21-16-7-5-6-8-17(16)22-19)23-20(26)15-9-11-24(12-10-15)14(3)25/h5-8,13,15,18H,4,9-12H2,1-3H3,(H,21,22)(H,23,26)/t13-,18-/m0/s1. The van der Waals surface area contributed by atoms with E-state index in [2.05, 4.69) is 24.1 Å². The van der Waals surface area contributed by atoms with Crippen molar-refractivity contribution in [1.82, 2.24) is 20.2 Å². The molecule has 2 N–H and O–H groups in total. The van der Waals surface area contributed by atoms with E-state index in [4.69, 9.17) is 4.98 Å². The number of likely N-dealkylation sites (tertiary alicyclic amines) is 1. The van der Waals surface area contributed by atoms with Gasteiger partial charge in [0.1, 0.15) is 5.82 Å². The molecule has 0 unspecified atom stereocenters. The molecular weight excluding hydrogens is 328 g/mol. The van der Waals surface area contributed by atoms with E-state index in [0.717, 1.165) is 36.1 Å². The molecule has 1 aromatic carbocycles. The van der Waals surface area contributed by atoms with Crippen LogP contribution in [0.15, 0.2) is 24.3 Å². The first-order valence-electron chi connectivity index (χ1n) is 9.50. The summed E-state index contributed by atoms with van der Waals surface area (Å²) in [5.41, 5.74) is 1.90. The molecule has 2 heterocycles. The summed E-state index contributed by atoms with van der Waals surface area (Å²) in [6.07, 6.45) is 2.39. The number of imidazole rings is 1. The SMILES string of the molecule is CC[C@H](C)[C@H](NC(=O)C1CCN(C(C)=O)CC1)c1nc2ccccc2[nH]1. The monoisotopic (exact) mass is 356 g/mol. The molecule has 1 aliphatic rings. The van der Waals surface area contributed by atoms with Gasteiger partial charge in [0.05, 0.1) is 17.1 Å². The van der Waals surface area contributed by atoms with Crippen molar-refractivity contribution >= 4 is 22.8 Å². The predicted molar refractivity (Wildman–Crippen MR) is 101 cm³/mol. The molecule has 2 amide bonds. The Morgan fingerprint density at radius 3 is 2.62 bits per heavy atom. The van der Waals surface area contributed by atoms with Crippen molar-refractivity contribution < 1.29 is 9.59 Å². The van der Waals surface area contributed by atoms with Gasteiger partial charge in [0, 0.05) is 25.9 Å².